The van der Waals surface area contributed by atoms with Gasteiger partial charge in [-0.15, -0.1) is 0 Å². The average molecular weight is 464 g/mol. The second-order valence-electron chi connectivity index (χ2n) is 8.66. The minimum absolute atomic E-state index is 0.0575. The second-order valence-corrected chi connectivity index (χ2v) is 8.66. The van der Waals surface area contributed by atoms with Gasteiger partial charge in [-0.25, -0.2) is 4.98 Å². The summed E-state index contributed by atoms with van der Waals surface area (Å²) in [5.41, 5.74) is -1.60. The molecule has 0 spiro atoms. The van der Waals surface area contributed by atoms with Crippen LogP contribution in [0.5, 0.6) is 5.75 Å². The first-order chi connectivity index (χ1) is 15.8. The van der Waals surface area contributed by atoms with Gasteiger partial charge in [-0.2, -0.15) is 13.2 Å². The number of anilines is 1. The highest BCUT2D eigenvalue weighted by Gasteiger charge is 2.38. The maximum Gasteiger partial charge on any atom is 0.423 e. The number of halogens is 3. The van der Waals surface area contributed by atoms with E-state index in [2.05, 4.69) is 15.2 Å². The molecule has 1 aliphatic heterocycles. The summed E-state index contributed by atoms with van der Waals surface area (Å²) in [6, 6.07) is 7.15. The van der Waals surface area contributed by atoms with Crippen LogP contribution < -0.4 is 15.0 Å². The lowest BCUT2D eigenvalue weighted by molar-refractivity contribution is -0.388. The van der Waals surface area contributed by atoms with Crippen molar-refractivity contribution < 1.29 is 22.8 Å². The van der Waals surface area contributed by atoms with Gasteiger partial charge >= 0.3 is 6.18 Å². The Morgan fingerprint density at radius 1 is 1.12 bits per heavy atom. The SMILES string of the molecule is O=[N+]([O-])c1ccc(CC2CCC(Oc3ccnc(N4CCNCC4)c3)CC2)cc1C(F)(F)F. The summed E-state index contributed by atoms with van der Waals surface area (Å²) in [5, 5.41) is 14.3. The van der Waals surface area contributed by atoms with Gasteiger partial charge in [-0.1, -0.05) is 6.07 Å². The third-order valence-electron chi connectivity index (χ3n) is 6.34. The van der Waals surface area contributed by atoms with Crippen molar-refractivity contribution in [3.63, 3.8) is 0 Å². The Bertz CT molecular complexity index is 972. The molecule has 33 heavy (non-hydrogen) atoms. The zero-order valence-electron chi connectivity index (χ0n) is 18.2. The summed E-state index contributed by atoms with van der Waals surface area (Å²) in [5.74, 6) is 1.91. The van der Waals surface area contributed by atoms with E-state index in [-0.39, 0.29) is 12.0 Å². The number of nitrogens with zero attached hydrogens (tertiary/aromatic N) is 3. The number of benzene rings is 1. The maximum absolute atomic E-state index is 13.2. The topological polar surface area (TPSA) is 80.5 Å². The summed E-state index contributed by atoms with van der Waals surface area (Å²) >= 11 is 0. The van der Waals surface area contributed by atoms with Gasteiger partial charge in [0.05, 0.1) is 11.0 Å². The molecule has 178 valence electrons. The van der Waals surface area contributed by atoms with Crippen molar-refractivity contribution in [2.24, 2.45) is 5.92 Å². The van der Waals surface area contributed by atoms with Crippen LogP contribution in [0, 0.1) is 16.0 Å². The minimum Gasteiger partial charge on any atom is -0.490 e. The van der Waals surface area contributed by atoms with Crippen molar-refractivity contribution in [2.75, 3.05) is 31.1 Å². The molecule has 0 bridgehead atoms. The lowest BCUT2D eigenvalue weighted by Gasteiger charge is -2.30. The fourth-order valence-corrected chi connectivity index (χ4v) is 4.62. The highest BCUT2D eigenvalue weighted by molar-refractivity contribution is 5.45. The van der Waals surface area contributed by atoms with Crippen LogP contribution in [0.25, 0.3) is 0 Å². The van der Waals surface area contributed by atoms with Crippen molar-refractivity contribution in [3.05, 3.63) is 57.8 Å². The van der Waals surface area contributed by atoms with Crippen molar-refractivity contribution in [1.29, 1.82) is 0 Å². The zero-order chi connectivity index (χ0) is 23.4. The second kappa shape index (κ2) is 9.94. The lowest BCUT2D eigenvalue weighted by Crippen LogP contribution is -2.43. The molecule has 0 radical (unpaired) electrons. The van der Waals surface area contributed by atoms with E-state index in [1.54, 1.807) is 6.20 Å². The number of alkyl halides is 3. The van der Waals surface area contributed by atoms with E-state index in [1.165, 1.54) is 6.07 Å². The van der Waals surface area contributed by atoms with E-state index >= 15 is 0 Å². The van der Waals surface area contributed by atoms with Gasteiger partial charge in [-0.05, 0) is 55.7 Å². The Kier molecular flexibility index (Phi) is 7.02. The van der Waals surface area contributed by atoms with E-state index in [0.717, 1.165) is 75.6 Å². The summed E-state index contributed by atoms with van der Waals surface area (Å²) in [6.45, 7) is 3.66. The molecular weight excluding hydrogens is 437 g/mol. The molecular formula is C23H27F3N4O3. The molecule has 1 saturated carbocycles. The van der Waals surface area contributed by atoms with E-state index in [9.17, 15) is 23.3 Å². The van der Waals surface area contributed by atoms with Crippen LogP contribution in [0.2, 0.25) is 0 Å². The van der Waals surface area contributed by atoms with Crippen molar-refractivity contribution in [1.82, 2.24) is 10.3 Å². The fraction of sp³-hybridized carbons (Fsp3) is 0.522. The maximum atomic E-state index is 13.2. The Morgan fingerprint density at radius 3 is 2.52 bits per heavy atom. The Labute approximate surface area is 190 Å². The summed E-state index contributed by atoms with van der Waals surface area (Å²) < 4.78 is 45.9. The molecule has 1 N–H and O–H groups in total. The third-order valence-corrected chi connectivity index (χ3v) is 6.34. The predicted octanol–water partition coefficient (Wildman–Crippen LogP) is 4.60. The molecule has 7 nitrogen and oxygen atoms in total. The number of nitro benzene ring substituents is 1. The first-order valence-electron chi connectivity index (χ1n) is 11.2. The van der Waals surface area contributed by atoms with Crippen molar-refractivity contribution >= 4 is 11.5 Å². The number of nitro groups is 1. The standard InChI is InChI=1S/C23H27F3N4O3/c24-23(25,26)20-14-17(3-6-21(20)30(31)32)13-16-1-4-18(5-2-16)33-19-7-8-28-22(15-19)29-11-9-27-10-12-29/h3,6-8,14-16,18,27H,1-2,4-5,9-13H2. The first kappa shape index (κ1) is 23.3. The number of hydrogen-bond donors (Lipinski definition) is 1. The quantitative estimate of drug-likeness (QED) is 0.497. The van der Waals surface area contributed by atoms with Gasteiger partial charge in [0.1, 0.15) is 17.1 Å². The van der Waals surface area contributed by atoms with Crippen LogP contribution in [0.1, 0.15) is 36.8 Å². The number of pyridine rings is 1. The third kappa shape index (κ3) is 5.93. The number of rotatable bonds is 6. The van der Waals surface area contributed by atoms with Gasteiger partial charge in [0.2, 0.25) is 0 Å². The number of nitrogens with one attached hydrogen (secondary N) is 1. The van der Waals surface area contributed by atoms with E-state index in [1.807, 2.05) is 12.1 Å². The molecule has 1 aliphatic carbocycles. The smallest absolute Gasteiger partial charge is 0.423 e. The van der Waals surface area contributed by atoms with Crippen LogP contribution in [0.3, 0.4) is 0 Å². The molecule has 1 aromatic heterocycles. The highest BCUT2D eigenvalue weighted by Crippen LogP contribution is 2.38. The number of piperazine rings is 1. The zero-order valence-corrected chi connectivity index (χ0v) is 18.2. The van der Waals surface area contributed by atoms with Crippen LogP contribution in [0.15, 0.2) is 36.5 Å². The largest absolute Gasteiger partial charge is 0.490 e. The molecule has 0 amide bonds. The molecule has 2 aromatic rings. The number of aromatic nitrogens is 1. The van der Waals surface area contributed by atoms with Crippen molar-refractivity contribution in [2.45, 2.75) is 44.4 Å². The van der Waals surface area contributed by atoms with Gasteiger partial charge < -0.3 is 15.0 Å². The summed E-state index contributed by atoms with van der Waals surface area (Å²) in [6.07, 6.45) is 0.822. The van der Waals surface area contributed by atoms with Gasteiger partial charge in [-0.3, -0.25) is 10.1 Å². The minimum atomic E-state index is -4.75. The molecule has 0 unspecified atom stereocenters. The van der Waals surface area contributed by atoms with Crippen LogP contribution in [0.4, 0.5) is 24.7 Å². The number of hydrogen-bond acceptors (Lipinski definition) is 6. The molecule has 0 atom stereocenters. The predicted molar refractivity (Wildman–Crippen MR) is 117 cm³/mol. The van der Waals surface area contributed by atoms with Crippen LogP contribution >= 0.6 is 0 Å². The molecule has 2 fully saturated rings. The summed E-state index contributed by atoms with van der Waals surface area (Å²) in [4.78, 5) is 16.6. The molecule has 10 heteroatoms. The van der Waals surface area contributed by atoms with Gasteiger partial charge in [0.15, 0.2) is 0 Å². The molecule has 1 aromatic carbocycles. The van der Waals surface area contributed by atoms with E-state index in [4.69, 9.17) is 4.74 Å². The Hall–Kier alpha value is -2.88. The van der Waals surface area contributed by atoms with Gasteiger partial charge in [0, 0.05) is 44.5 Å². The van der Waals surface area contributed by atoms with Gasteiger partial charge in [0.25, 0.3) is 5.69 Å². The van der Waals surface area contributed by atoms with Crippen LogP contribution in [-0.2, 0) is 12.6 Å². The van der Waals surface area contributed by atoms with E-state index < -0.39 is 22.4 Å². The molecule has 2 heterocycles. The monoisotopic (exact) mass is 464 g/mol. The van der Waals surface area contributed by atoms with E-state index in [0.29, 0.717) is 12.0 Å². The Morgan fingerprint density at radius 2 is 1.85 bits per heavy atom. The molecule has 4 rings (SSSR count). The average Bonchev–Trinajstić information content (AvgIpc) is 2.80. The normalized spacial score (nSPS) is 21.6. The summed E-state index contributed by atoms with van der Waals surface area (Å²) in [7, 11) is 0. The molecule has 1 saturated heterocycles. The number of ether oxygens (including phenoxy) is 1. The van der Waals surface area contributed by atoms with Crippen LogP contribution in [-0.4, -0.2) is 42.2 Å². The first-order valence-corrected chi connectivity index (χ1v) is 11.2. The molecule has 2 aliphatic rings. The highest BCUT2D eigenvalue weighted by atomic mass is 19.4. The lowest BCUT2D eigenvalue weighted by atomic mass is 9.83. The Balaban J connectivity index is 1.33. The fourth-order valence-electron chi connectivity index (χ4n) is 4.62. The van der Waals surface area contributed by atoms with Crippen molar-refractivity contribution in [3.8, 4) is 5.75 Å².